The van der Waals surface area contributed by atoms with Crippen molar-refractivity contribution in [1.29, 1.82) is 0 Å². The average Bonchev–Trinajstić information content (AvgIpc) is 2.92. The van der Waals surface area contributed by atoms with Crippen molar-refractivity contribution in [3.05, 3.63) is 11.7 Å². The lowest BCUT2D eigenvalue weighted by Gasteiger charge is -2.41. The predicted octanol–water partition coefficient (Wildman–Crippen LogP) is 2.92. The standard InChI is InChI=1S/C16H25N3O2/c1-5-7-12(17)13-18-14(19-21-13)16(20-6-2)10-8-15(3,4)9-11-16/h1,12H,6-11,17H2,2-4H3. The highest BCUT2D eigenvalue weighted by Crippen LogP contribution is 2.46. The van der Waals surface area contributed by atoms with Gasteiger partial charge in [-0.3, -0.25) is 0 Å². The Kier molecular flexibility index (Phi) is 4.70. The van der Waals surface area contributed by atoms with Gasteiger partial charge in [0.1, 0.15) is 5.60 Å². The van der Waals surface area contributed by atoms with Crippen molar-refractivity contribution in [3.63, 3.8) is 0 Å². The zero-order valence-corrected chi connectivity index (χ0v) is 13.2. The second kappa shape index (κ2) is 6.17. The number of aromatic nitrogens is 2. The van der Waals surface area contributed by atoms with Gasteiger partial charge in [-0.05, 0) is 38.0 Å². The van der Waals surface area contributed by atoms with E-state index in [0.717, 1.165) is 25.7 Å². The summed E-state index contributed by atoms with van der Waals surface area (Å²) in [5, 5.41) is 4.12. The number of rotatable bonds is 5. The number of ether oxygens (including phenoxy) is 1. The van der Waals surface area contributed by atoms with Gasteiger partial charge in [0, 0.05) is 13.0 Å². The van der Waals surface area contributed by atoms with Crippen LogP contribution in [0.5, 0.6) is 0 Å². The van der Waals surface area contributed by atoms with Gasteiger partial charge in [0.2, 0.25) is 11.7 Å². The molecule has 0 spiro atoms. The maximum absolute atomic E-state index is 6.04. The highest BCUT2D eigenvalue weighted by molar-refractivity contribution is 5.07. The lowest BCUT2D eigenvalue weighted by atomic mass is 9.70. The van der Waals surface area contributed by atoms with E-state index in [-0.39, 0.29) is 0 Å². The van der Waals surface area contributed by atoms with Crippen LogP contribution in [-0.4, -0.2) is 16.7 Å². The van der Waals surface area contributed by atoms with E-state index in [1.54, 1.807) is 0 Å². The van der Waals surface area contributed by atoms with Crippen molar-refractivity contribution in [2.45, 2.75) is 64.5 Å². The Labute approximate surface area is 126 Å². The number of hydrogen-bond donors (Lipinski definition) is 1. The molecule has 21 heavy (non-hydrogen) atoms. The van der Waals surface area contributed by atoms with E-state index in [0.29, 0.717) is 30.2 Å². The van der Waals surface area contributed by atoms with E-state index < -0.39 is 11.6 Å². The van der Waals surface area contributed by atoms with Gasteiger partial charge < -0.3 is 15.0 Å². The van der Waals surface area contributed by atoms with Gasteiger partial charge in [-0.2, -0.15) is 4.98 Å². The van der Waals surface area contributed by atoms with Crippen LogP contribution in [0.15, 0.2) is 4.52 Å². The summed E-state index contributed by atoms with van der Waals surface area (Å²) in [4.78, 5) is 4.47. The molecular formula is C16H25N3O2. The monoisotopic (exact) mass is 291 g/mol. The number of nitrogens with zero attached hydrogens (tertiary/aromatic N) is 2. The summed E-state index contributed by atoms with van der Waals surface area (Å²) in [6, 6.07) is -0.407. The number of nitrogens with two attached hydrogens (primary N) is 1. The summed E-state index contributed by atoms with van der Waals surface area (Å²) in [5.74, 6) is 3.52. The molecule has 1 aliphatic carbocycles. The predicted molar refractivity (Wildman–Crippen MR) is 80.2 cm³/mol. The summed E-state index contributed by atoms with van der Waals surface area (Å²) in [6.45, 7) is 7.19. The van der Waals surface area contributed by atoms with Crippen LogP contribution in [-0.2, 0) is 10.3 Å². The van der Waals surface area contributed by atoms with Gasteiger partial charge in [-0.15, -0.1) is 12.3 Å². The highest BCUT2D eigenvalue weighted by atomic mass is 16.5. The van der Waals surface area contributed by atoms with Gasteiger partial charge >= 0.3 is 0 Å². The topological polar surface area (TPSA) is 74.2 Å². The fourth-order valence-corrected chi connectivity index (χ4v) is 2.82. The van der Waals surface area contributed by atoms with Crippen molar-refractivity contribution >= 4 is 0 Å². The molecule has 5 heteroatoms. The van der Waals surface area contributed by atoms with Crippen molar-refractivity contribution in [2.24, 2.45) is 11.1 Å². The first kappa shape index (κ1) is 16.0. The first-order valence-corrected chi connectivity index (χ1v) is 7.59. The number of terminal acetylenes is 1. The largest absolute Gasteiger partial charge is 0.367 e. The molecule has 1 heterocycles. The van der Waals surface area contributed by atoms with Crippen LogP contribution in [0.25, 0.3) is 0 Å². The zero-order chi connectivity index (χ0) is 15.5. The molecule has 2 N–H and O–H groups in total. The lowest BCUT2D eigenvalue weighted by Crippen LogP contribution is -2.38. The summed E-state index contributed by atoms with van der Waals surface area (Å²) < 4.78 is 11.3. The smallest absolute Gasteiger partial charge is 0.244 e. The van der Waals surface area contributed by atoms with E-state index in [9.17, 15) is 0 Å². The van der Waals surface area contributed by atoms with Gasteiger partial charge in [0.05, 0.1) is 6.04 Å². The molecule has 1 fully saturated rings. The molecule has 1 saturated carbocycles. The van der Waals surface area contributed by atoms with E-state index in [4.69, 9.17) is 21.4 Å². The first-order valence-electron chi connectivity index (χ1n) is 7.59. The third kappa shape index (κ3) is 3.45. The highest BCUT2D eigenvalue weighted by Gasteiger charge is 2.44. The normalized spacial score (nSPS) is 21.7. The molecular weight excluding hydrogens is 266 g/mol. The molecule has 0 aromatic carbocycles. The molecule has 0 amide bonds. The second-order valence-electron chi connectivity index (χ2n) is 6.56. The quantitative estimate of drug-likeness (QED) is 0.844. The summed E-state index contributed by atoms with van der Waals surface area (Å²) in [5.41, 5.74) is 5.83. The third-order valence-corrected chi connectivity index (χ3v) is 4.34. The SMILES string of the molecule is C#CCC(N)c1nc(C2(OCC)CCC(C)(C)CC2)no1. The number of hydrogen-bond acceptors (Lipinski definition) is 5. The van der Waals surface area contributed by atoms with Crippen LogP contribution in [0.2, 0.25) is 0 Å². The van der Waals surface area contributed by atoms with Crippen LogP contribution in [0.3, 0.4) is 0 Å². The van der Waals surface area contributed by atoms with Crippen molar-refractivity contribution in [2.75, 3.05) is 6.61 Å². The van der Waals surface area contributed by atoms with E-state index in [1.165, 1.54) is 0 Å². The Balaban J connectivity index is 2.21. The minimum Gasteiger partial charge on any atom is -0.367 e. The van der Waals surface area contributed by atoms with Crippen molar-refractivity contribution in [3.8, 4) is 12.3 Å². The van der Waals surface area contributed by atoms with Crippen LogP contribution in [0.1, 0.15) is 70.6 Å². The zero-order valence-electron chi connectivity index (χ0n) is 13.2. The third-order valence-electron chi connectivity index (χ3n) is 4.34. The Morgan fingerprint density at radius 1 is 1.38 bits per heavy atom. The Morgan fingerprint density at radius 3 is 2.62 bits per heavy atom. The molecule has 1 atom stereocenters. The minimum atomic E-state index is -0.443. The first-order chi connectivity index (χ1) is 9.92. The van der Waals surface area contributed by atoms with Gasteiger partial charge in [-0.1, -0.05) is 19.0 Å². The molecule has 0 bridgehead atoms. The summed E-state index contributed by atoms with van der Waals surface area (Å²) in [6.07, 6.45) is 9.61. The fraction of sp³-hybridized carbons (Fsp3) is 0.750. The molecule has 0 radical (unpaired) electrons. The summed E-state index contributed by atoms with van der Waals surface area (Å²) in [7, 11) is 0. The molecule has 1 aromatic rings. The summed E-state index contributed by atoms with van der Waals surface area (Å²) >= 11 is 0. The Hall–Kier alpha value is -1.38. The molecule has 5 nitrogen and oxygen atoms in total. The van der Waals surface area contributed by atoms with Gasteiger partial charge in [0.25, 0.3) is 0 Å². The second-order valence-corrected chi connectivity index (χ2v) is 6.56. The molecule has 1 aliphatic rings. The van der Waals surface area contributed by atoms with Crippen LogP contribution < -0.4 is 5.73 Å². The van der Waals surface area contributed by atoms with Crippen molar-refractivity contribution < 1.29 is 9.26 Å². The molecule has 0 saturated heterocycles. The lowest BCUT2D eigenvalue weighted by molar-refractivity contribution is -0.0957. The Bertz CT molecular complexity index is 506. The fourth-order valence-electron chi connectivity index (χ4n) is 2.82. The van der Waals surface area contributed by atoms with E-state index in [2.05, 4.69) is 29.9 Å². The molecule has 116 valence electrons. The van der Waals surface area contributed by atoms with E-state index >= 15 is 0 Å². The Morgan fingerprint density at radius 2 is 2.05 bits per heavy atom. The maximum atomic E-state index is 6.04. The molecule has 2 rings (SSSR count). The van der Waals surface area contributed by atoms with E-state index in [1.807, 2.05) is 6.92 Å². The molecule has 1 aromatic heterocycles. The maximum Gasteiger partial charge on any atom is 0.244 e. The van der Waals surface area contributed by atoms with Crippen LogP contribution in [0, 0.1) is 17.8 Å². The van der Waals surface area contributed by atoms with Crippen LogP contribution >= 0.6 is 0 Å². The molecule has 0 aliphatic heterocycles. The molecule has 1 unspecified atom stereocenters. The van der Waals surface area contributed by atoms with Gasteiger partial charge in [0.15, 0.2) is 0 Å². The van der Waals surface area contributed by atoms with Gasteiger partial charge in [-0.25, -0.2) is 0 Å². The van der Waals surface area contributed by atoms with Crippen LogP contribution in [0.4, 0.5) is 0 Å². The average molecular weight is 291 g/mol. The minimum absolute atomic E-state index is 0.340. The van der Waals surface area contributed by atoms with Crippen molar-refractivity contribution in [1.82, 2.24) is 10.1 Å².